The van der Waals surface area contributed by atoms with Gasteiger partial charge >= 0.3 is 0 Å². The summed E-state index contributed by atoms with van der Waals surface area (Å²) in [6.45, 7) is 0. The van der Waals surface area contributed by atoms with E-state index in [1.807, 2.05) is 12.1 Å². The highest BCUT2D eigenvalue weighted by molar-refractivity contribution is 6.30. The summed E-state index contributed by atoms with van der Waals surface area (Å²) < 4.78 is 0. The SMILES string of the molecule is Nc1cc(C(O)c2ccc(Cl)cc2)ccc1-c1ncc[nH]1. The summed E-state index contributed by atoms with van der Waals surface area (Å²) in [5, 5.41) is 11.0. The van der Waals surface area contributed by atoms with Crippen LogP contribution in [0.5, 0.6) is 0 Å². The molecule has 5 heteroatoms. The van der Waals surface area contributed by atoms with Crippen molar-refractivity contribution in [3.63, 3.8) is 0 Å². The molecule has 21 heavy (non-hydrogen) atoms. The molecule has 0 aliphatic carbocycles. The van der Waals surface area contributed by atoms with Gasteiger partial charge in [0.2, 0.25) is 0 Å². The molecule has 1 atom stereocenters. The zero-order chi connectivity index (χ0) is 14.8. The van der Waals surface area contributed by atoms with Crippen molar-refractivity contribution < 1.29 is 5.11 Å². The summed E-state index contributed by atoms with van der Waals surface area (Å²) in [7, 11) is 0. The second kappa shape index (κ2) is 5.60. The number of anilines is 1. The molecule has 0 aliphatic heterocycles. The number of nitrogens with two attached hydrogens (primary N) is 1. The van der Waals surface area contributed by atoms with Crippen LogP contribution in [0.25, 0.3) is 11.4 Å². The molecule has 0 saturated heterocycles. The van der Waals surface area contributed by atoms with Gasteiger partial charge in [0.05, 0.1) is 0 Å². The molecule has 3 rings (SSSR count). The Morgan fingerprint density at radius 2 is 1.81 bits per heavy atom. The van der Waals surface area contributed by atoms with Gasteiger partial charge in [-0.3, -0.25) is 0 Å². The van der Waals surface area contributed by atoms with Gasteiger partial charge in [-0.15, -0.1) is 0 Å². The molecule has 4 N–H and O–H groups in total. The lowest BCUT2D eigenvalue weighted by Crippen LogP contribution is -2.01. The number of nitrogens with zero attached hydrogens (tertiary/aromatic N) is 1. The van der Waals surface area contributed by atoms with Gasteiger partial charge in [-0.1, -0.05) is 29.8 Å². The van der Waals surface area contributed by atoms with Gasteiger partial charge in [-0.05, 0) is 35.4 Å². The molecular weight excluding hydrogens is 286 g/mol. The van der Waals surface area contributed by atoms with Crippen LogP contribution >= 0.6 is 11.6 Å². The van der Waals surface area contributed by atoms with Gasteiger partial charge in [0, 0.05) is 28.7 Å². The first-order valence-corrected chi connectivity index (χ1v) is 6.85. The second-order valence-electron chi connectivity index (χ2n) is 4.74. The Morgan fingerprint density at radius 3 is 2.43 bits per heavy atom. The van der Waals surface area contributed by atoms with Crippen molar-refractivity contribution in [1.82, 2.24) is 9.97 Å². The van der Waals surface area contributed by atoms with Crippen molar-refractivity contribution in [2.75, 3.05) is 5.73 Å². The Kier molecular flexibility index (Phi) is 3.64. The summed E-state index contributed by atoms with van der Waals surface area (Å²) in [6.07, 6.45) is 2.67. The number of imidazole rings is 1. The number of halogens is 1. The first-order valence-electron chi connectivity index (χ1n) is 6.48. The number of aromatic amines is 1. The lowest BCUT2D eigenvalue weighted by atomic mass is 9.99. The van der Waals surface area contributed by atoms with Crippen LogP contribution in [0.1, 0.15) is 17.2 Å². The van der Waals surface area contributed by atoms with Crippen LogP contribution in [-0.2, 0) is 0 Å². The van der Waals surface area contributed by atoms with Crippen LogP contribution in [0.2, 0.25) is 5.02 Å². The molecule has 0 saturated carbocycles. The van der Waals surface area contributed by atoms with E-state index in [-0.39, 0.29) is 0 Å². The Morgan fingerprint density at radius 1 is 1.10 bits per heavy atom. The normalized spacial score (nSPS) is 12.3. The zero-order valence-electron chi connectivity index (χ0n) is 11.1. The minimum atomic E-state index is -0.741. The number of aliphatic hydroxyl groups excluding tert-OH is 1. The van der Waals surface area contributed by atoms with E-state index in [1.54, 1.807) is 42.7 Å². The van der Waals surface area contributed by atoms with E-state index >= 15 is 0 Å². The van der Waals surface area contributed by atoms with Crippen molar-refractivity contribution in [1.29, 1.82) is 0 Å². The van der Waals surface area contributed by atoms with Gasteiger partial charge in [0.25, 0.3) is 0 Å². The predicted molar refractivity (Wildman–Crippen MR) is 83.9 cm³/mol. The van der Waals surface area contributed by atoms with Crippen LogP contribution < -0.4 is 5.73 Å². The molecule has 1 heterocycles. The van der Waals surface area contributed by atoms with Crippen molar-refractivity contribution in [3.05, 3.63) is 71.0 Å². The highest BCUT2D eigenvalue weighted by atomic mass is 35.5. The van der Waals surface area contributed by atoms with Gasteiger partial charge in [-0.2, -0.15) is 0 Å². The van der Waals surface area contributed by atoms with Crippen molar-refractivity contribution in [2.24, 2.45) is 0 Å². The van der Waals surface area contributed by atoms with Crippen LogP contribution in [0.4, 0.5) is 5.69 Å². The Balaban J connectivity index is 1.93. The Labute approximate surface area is 127 Å². The zero-order valence-corrected chi connectivity index (χ0v) is 11.9. The fourth-order valence-corrected chi connectivity index (χ4v) is 2.34. The largest absolute Gasteiger partial charge is 0.398 e. The van der Waals surface area contributed by atoms with E-state index in [0.29, 0.717) is 16.5 Å². The molecule has 0 fully saturated rings. The molecule has 3 aromatic rings. The van der Waals surface area contributed by atoms with Crippen LogP contribution in [0, 0.1) is 0 Å². The first-order chi connectivity index (χ1) is 10.1. The van der Waals surface area contributed by atoms with E-state index in [4.69, 9.17) is 17.3 Å². The van der Waals surface area contributed by atoms with E-state index in [9.17, 15) is 5.11 Å². The number of aliphatic hydroxyl groups is 1. The molecular formula is C16H14ClN3O. The molecule has 0 amide bonds. The number of aromatic nitrogens is 2. The standard InChI is InChI=1S/C16H14ClN3O/c17-12-4-1-10(2-5-12)15(21)11-3-6-13(14(18)9-11)16-19-7-8-20-16/h1-9,15,21H,18H2,(H,19,20). The third-order valence-electron chi connectivity index (χ3n) is 3.33. The third-order valence-corrected chi connectivity index (χ3v) is 3.58. The quantitative estimate of drug-likeness (QED) is 0.649. The number of hydrogen-bond donors (Lipinski definition) is 3. The van der Waals surface area contributed by atoms with E-state index in [2.05, 4.69) is 9.97 Å². The highest BCUT2D eigenvalue weighted by Gasteiger charge is 2.13. The molecule has 106 valence electrons. The molecule has 1 unspecified atom stereocenters. The number of rotatable bonds is 3. The fourth-order valence-electron chi connectivity index (χ4n) is 2.22. The molecule has 1 aromatic heterocycles. The monoisotopic (exact) mass is 299 g/mol. The van der Waals surface area contributed by atoms with Crippen LogP contribution in [-0.4, -0.2) is 15.1 Å². The van der Waals surface area contributed by atoms with Gasteiger partial charge in [-0.25, -0.2) is 4.98 Å². The van der Waals surface area contributed by atoms with E-state index in [0.717, 1.165) is 16.7 Å². The summed E-state index contributed by atoms with van der Waals surface area (Å²) >= 11 is 5.85. The fraction of sp³-hybridized carbons (Fsp3) is 0.0625. The van der Waals surface area contributed by atoms with Crippen molar-refractivity contribution >= 4 is 17.3 Å². The summed E-state index contributed by atoms with van der Waals surface area (Å²) in [5.41, 5.74) is 8.93. The smallest absolute Gasteiger partial charge is 0.139 e. The van der Waals surface area contributed by atoms with Gasteiger partial charge in [0.1, 0.15) is 11.9 Å². The Hall–Kier alpha value is -2.30. The summed E-state index contributed by atoms with van der Waals surface area (Å²) in [5.74, 6) is 0.708. The number of benzene rings is 2. The average molecular weight is 300 g/mol. The number of H-pyrrole nitrogens is 1. The topological polar surface area (TPSA) is 74.9 Å². The third kappa shape index (κ3) is 2.77. The van der Waals surface area contributed by atoms with Gasteiger partial charge in [0.15, 0.2) is 0 Å². The van der Waals surface area contributed by atoms with Crippen molar-refractivity contribution in [2.45, 2.75) is 6.10 Å². The molecule has 0 radical (unpaired) electrons. The molecule has 0 bridgehead atoms. The summed E-state index contributed by atoms with van der Waals surface area (Å²) in [6, 6.07) is 12.5. The van der Waals surface area contributed by atoms with Gasteiger partial charge < -0.3 is 15.8 Å². The number of hydrogen-bond acceptors (Lipinski definition) is 3. The van der Waals surface area contributed by atoms with Crippen LogP contribution in [0.15, 0.2) is 54.9 Å². The maximum atomic E-state index is 10.4. The lowest BCUT2D eigenvalue weighted by Gasteiger charge is -2.13. The minimum Gasteiger partial charge on any atom is -0.398 e. The number of nitrogen functional groups attached to an aromatic ring is 1. The molecule has 0 spiro atoms. The predicted octanol–water partition coefficient (Wildman–Crippen LogP) is 3.39. The number of nitrogens with one attached hydrogen (secondary N) is 1. The van der Waals surface area contributed by atoms with Crippen LogP contribution in [0.3, 0.4) is 0 Å². The first kappa shape index (κ1) is 13.7. The lowest BCUT2D eigenvalue weighted by molar-refractivity contribution is 0.220. The summed E-state index contributed by atoms with van der Waals surface area (Å²) in [4.78, 5) is 7.19. The Bertz CT molecular complexity index is 739. The van der Waals surface area contributed by atoms with E-state index in [1.165, 1.54) is 0 Å². The molecule has 0 aliphatic rings. The molecule has 4 nitrogen and oxygen atoms in total. The maximum absolute atomic E-state index is 10.4. The maximum Gasteiger partial charge on any atom is 0.139 e. The highest BCUT2D eigenvalue weighted by Crippen LogP contribution is 2.29. The minimum absolute atomic E-state index is 0.565. The second-order valence-corrected chi connectivity index (χ2v) is 5.17. The van der Waals surface area contributed by atoms with Crippen molar-refractivity contribution in [3.8, 4) is 11.4 Å². The van der Waals surface area contributed by atoms with E-state index < -0.39 is 6.10 Å². The average Bonchev–Trinajstić information content (AvgIpc) is 3.01. The molecule has 2 aromatic carbocycles.